The zero-order chi connectivity index (χ0) is 14.1. The number of aromatic nitrogens is 1. The predicted molar refractivity (Wildman–Crippen MR) is 86.2 cm³/mol. The Balaban J connectivity index is 1.57. The minimum atomic E-state index is 0.399. The minimum Gasteiger partial charge on any atom is -0.309 e. The van der Waals surface area contributed by atoms with Gasteiger partial charge in [0.1, 0.15) is 0 Å². The second-order valence-corrected chi connectivity index (χ2v) is 6.62. The molecule has 4 rings (SSSR count). The van der Waals surface area contributed by atoms with Crippen LogP contribution in [-0.4, -0.2) is 35.1 Å². The monoisotopic (exact) mass is 281 g/mol. The van der Waals surface area contributed by atoms with Crippen LogP contribution in [0.2, 0.25) is 0 Å². The normalized spacial score (nSPS) is 22.1. The Hall–Kier alpha value is -1.45. The van der Waals surface area contributed by atoms with E-state index in [9.17, 15) is 0 Å². The second kappa shape index (κ2) is 5.39. The average molecular weight is 281 g/mol. The van der Waals surface area contributed by atoms with E-state index in [1.165, 1.54) is 48.7 Å². The molecule has 2 heterocycles. The Bertz CT molecular complexity index is 626. The number of hydrogen-bond donors (Lipinski definition) is 1. The van der Waals surface area contributed by atoms with Crippen molar-refractivity contribution in [3.05, 3.63) is 42.1 Å². The van der Waals surface area contributed by atoms with Gasteiger partial charge in [-0.15, -0.1) is 0 Å². The molecule has 1 aliphatic carbocycles. The van der Waals surface area contributed by atoms with Crippen molar-refractivity contribution in [2.24, 2.45) is 0 Å². The van der Waals surface area contributed by atoms with Crippen molar-refractivity contribution in [1.82, 2.24) is 15.2 Å². The number of pyridine rings is 1. The van der Waals surface area contributed by atoms with Crippen LogP contribution >= 0.6 is 0 Å². The molecule has 1 aliphatic heterocycles. The lowest BCUT2D eigenvalue weighted by molar-refractivity contribution is 0.129. The largest absolute Gasteiger partial charge is 0.309 e. The van der Waals surface area contributed by atoms with E-state index in [2.05, 4.69) is 39.5 Å². The van der Waals surface area contributed by atoms with Crippen molar-refractivity contribution in [3.63, 3.8) is 0 Å². The standard InChI is InChI=1S/C18H23N3/c1-2-9-18(8-1)14-21(12-11-20-18)13-16-6-3-5-15-7-4-10-19-17(15)16/h3-7,10,20H,1-2,8-9,11-14H2. The van der Waals surface area contributed by atoms with E-state index in [0.717, 1.165) is 19.6 Å². The third-order valence-electron chi connectivity index (χ3n) is 5.13. The first-order chi connectivity index (χ1) is 10.3. The van der Waals surface area contributed by atoms with Crippen LogP contribution in [0.5, 0.6) is 0 Å². The van der Waals surface area contributed by atoms with Crippen molar-refractivity contribution in [2.75, 3.05) is 19.6 Å². The van der Waals surface area contributed by atoms with Gasteiger partial charge in [0.2, 0.25) is 0 Å². The van der Waals surface area contributed by atoms with Crippen LogP contribution in [0.25, 0.3) is 10.9 Å². The summed E-state index contributed by atoms with van der Waals surface area (Å²) in [6.45, 7) is 4.48. The average Bonchev–Trinajstić information content (AvgIpc) is 2.95. The summed E-state index contributed by atoms with van der Waals surface area (Å²) in [5.74, 6) is 0. The van der Waals surface area contributed by atoms with Crippen molar-refractivity contribution in [2.45, 2.75) is 37.8 Å². The number of hydrogen-bond acceptors (Lipinski definition) is 3. The third-order valence-corrected chi connectivity index (χ3v) is 5.13. The van der Waals surface area contributed by atoms with Crippen molar-refractivity contribution >= 4 is 10.9 Å². The molecule has 0 radical (unpaired) electrons. The van der Waals surface area contributed by atoms with Gasteiger partial charge < -0.3 is 5.32 Å². The van der Waals surface area contributed by atoms with Gasteiger partial charge >= 0.3 is 0 Å². The molecule has 3 heteroatoms. The first-order valence-corrected chi connectivity index (χ1v) is 8.15. The lowest BCUT2D eigenvalue weighted by atomic mass is 9.94. The molecule has 2 aromatic rings. The Morgan fingerprint density at radius 1 is 1.14 bits per heavy atom. The fourth-order valence-electron chi connectivity index (χ4n) is 4.10. The summed E-state index contributed by atoms with van der Waals surface area (Å²) in [7, 11) is 0. The summed E-state index contributed by atoms with van der Waals surface area (Å²) in [5, 5.41) is 5.04. The molecular weight excluding hydrogens is 258 g/mol. The van der Waals surface area contributed by atoms with Crippen LogP contribution < -0.4 is 5.32 Å². The van der Waals surface area contributed by atoms with E-state index in [1.807, 2.05) is 12.3 Å². The summed E-state index contributed by atoms with van der Waals surface area (Å²) in [6, 6.07) is 10.7. The third kappa shape index (κ3) is 2.56. The van der Waals surface area contributed by atoms with Gasteiger partial charge in [-0.1, -0.05) is 37.1 Å². The number of para-hydroxylation sites is 1. The van der Waals surface area contributed by atoms with Gasteiger partial charge in [-0.3, -0.25) is 9.88 Å². The Morgan fingerprint density at radius 3 is 2.90 bits per heavy atom. The first-order valence-electron chi connectivity index (χ1n) is 8.15. The van der Waals surface area contributed by atoms with E-state index < -0.39 is 0 Å². The Morgan fingerprint density at radius 2 is 2.00 bits per heavy atom. The lowest BCUT2D eigenvalue weighted by Gasteiger charge is -2.41. The van der Waals surface area contributed by atoms with E-state index >= 15 is 0 Å². The first kappa shape index (κ1) is 13.2. The fraction of sp³-hybridized carbons (Fsp3) is 0.500. The molecule has 2 aliphatic rings. The minimum absolute atomic E-state index is 0.399. The number of piperazine rings is 1. The summed E-state index contributed by atoms with van der Waals surface area (Å²) < 4.78 is 0. The molecule has 0 bridgehead atoms. The summed E-state index contributed by atoms with van der Waals surface area (Å²) in [5.41, 5.74) is 2.93. The van der Waals surface area contributed by atoms with Gasteiger partial charge in [-0.05, 0) is 24.5 Å². The lowest BCUT2D eigenvalue weighted by Crippen LogP contribution is -2.58. The molecule has 0 atom stereocenters. The topological polar surface area (TPSA) is 28.2 Å². The smallest absolute Gasteiger partial charge is 0.0746 e. The predicted octanol–water partition coefficient (Wildman–Crippen LogP) is 2.95. The van der Waals surface area contributed by atoms with Crippen molar-refractivity contribution in [1.29, 1.82) is 0 Å². The van der Waals surface area contributed by atoms with Gasteiger partial charge in [0.05, 0.1) is 5.52 Å². The Labute approximate surface area is 126 Å². The molecule has 3 nitrogen and oxygen atoms in total. The molecule has 1 saturated carbocycles. The highest BCUT2D eigenvalue weighted by molar-refractivity contribution is 5.81. The SMILES string of the molecule is c1cnc2c(CN3CCNC4(CCCC4)C3)cccc2c1. The molecule has 0 unspecified atom stereocenters. The summed E-state index contributed by atoms with van der Waals surface area (Å²) in [4.78, 5) is 7.21. The van der Waals surface area contributed by atoms with Gasteiger partial charge in [-0.25, -0.2) is 0 Å². The van der Waals surface area contributed by atoms with Crippen molar-refractivity contribution < 1.29 is 0 Å². The molecule has 1 spiro atoms. The molecule has 110 valence electrons. The van der Waals surface area contributed by atoms with Crippen LogP contribution in [0.4, 0.5) is 0 Å². The fourth-order valence-corrected chi connectivity index (χ4v) is 4.10. The maximum atomic E-state index is 4.59. The molecule has 1 N–H and O–H groups in total. The summed E-state index contributed by atoms with van der Waals surface area (Å²) >= 11 is 0. The van der Waals surface area contributed by atoms with Crippen molar-refractivity contribution in [3.8, 4) is 0 Å². The molecule has 2 fully saturated rings. The van der Waals surface area contributed by atoms with Crippen LogP contribution in [0.3, 0.4) is 0 Å². The maximum Gasteiger partial charge on any atom is 0.0746 e. The number of fused-ring (bicyclic) bond motifs is 1. The quantitative estimate of drug-likeness (QED) is 0.917. The van der Waals surface area contributed by atoms with Crippen LogP contribution in [0, 0.1) is 0 Å². The van der Waals surface area contributed by atoms with E-state index in [-0.39, 0.29) is 0 Å². The van der Waals surface area contributed by atoms with E-state index in [0.29, 0.717) is 5.54 Å². The maximum absolute atomic E-state index is 4.59. The molecule has 21 heavy (non-hydrogen) atoms. The number of nitrogens with one attached hydrogen (secondary N) is 1. The molecule has 1 aromatic heterocycles. The number of rotatable bonds is 2. The number of nitrogens with zero attached hydrogens (tertiary/aromatic N) is 2. The second-order valence-electron chi connectivity index (χ2n) is 6.62. The van der Waals surface area contributed by atoms with Crippen LogP contribution in [0.1, 0.15) is 31.2 Å². The highest BCUT2D eigenvalue weighted by Crippen LogP contribution is 2.32. The molecule has 0 amide bonds. The highest BCUT2D eigenvalue weighted by atomic mass is 15.2. The van der Waals surface area contributed by atoms with Crippen LogP contribution in [-0.2, 0) is 6.54 Å². The molecule has 1 aromatic carbocycles. The van der Waals surface area contributed by atoms with Gasteiger partial charge in [0.15, 0.2) is 0 Å². The van der Waals surface area contributed by atoms with Gasteiger partial charge in [-0.2, -0.15) is 0 Å². The number of benzene rings is 1. The molecular formula is C18H23N3. The zero-order valence-corrected chi connectivity index (χ0v) is 12.5. The van der Waals surface area contributed by atoms with Crippen LogP contribution in [0.15, 0.2) is 36.5 Å². The molecule has 1 saturated heterocycles. The van der Waals surface area contributed by atoms with E-state index in [4.69, 9.17) is 0 Å². The Kier molecular flexibility index (Phi) is 3.40. The van der Waals surface area contributed by atoms with Gasteiger partial charge in [0.25, 0.3) is 0 Å². The van der Waals surface area contributed by atoms with E-state index in [1.54, 1.807) is 0 Å². The summed E-state index contributed by atoms with van der Waals surface area (Å²) in [6.07, 6.45) is 7.37. The highest BCUT2D eigenvalue weighted by Gasteiger charge is 2.37. The zero-order valence-electron chi connectivity index (χ0n) is 12.5. The van der Waals surface area contributed by atoms with Gasteiger partial charge in [0, 0.05) is 43.3 Å².